The van der Waals surface area contributed by atoms with E-state index in [2.05, 4.69) is 40.6 Å². The minimum atomic E-state index is -0.0335. The summed E-state index contributed by atoms with van der Waals surface area (Å²) in [5.41, 5.74) is 4.94. The summed E-state index contributed by atoms with van der Waals surface area (Å²) in [6, 6.07) is 22.3. The van der Waals surface area contributed by atoms with E-state index >= 15 is 0 Å². The predicted octanol–water partition coefficient (Wildman–Crippen LogP) is 4.33. The van der Waals surface area contributed by atoms with Gasteiger partial charge in [-0.05, 0) is 48.6 Å². The number of aromatic nitrogens is 1. The molecule has 0 bridgehead atoms. The summed E-state index contributed by atoms with van der Waals surface area (Å²) >= 11 is 0. The van der Waals surface area contributed by atoms with Crippen LogP contribution in [0.15, 0.2) is 72.9 Å². The Morgan fingerprint density at radius 1 is 1.04 bits per heavy atom. The number of amides is 1. The molecular formula is C23H23N3O. The van der Waals surface area contributed by atoms with Crippen LogP contribution in [0.5, 0.6) is 0 Å². The lowest BCUT2D eigenvalue weighted by Gasteiger charge is -2.29. The molecule has 1 aliphatic heterocycles. The van der Waals surface area contributed by atoms with E-state index in [-0.39, 0.29) is 5.91 Å². The number of hydrogen-bond acceptors (Lipinski definition) is 3. The van der Waals surface area contributed by atoms with Gasteiger partial charge in [-0.2, -0.15) is 0 Å². The van der Waals surface area contributed by atoms with Crippen molar-refractivity contribution in [1.29, 1.82) is 0 Å². The lowest BCUT2D eigenvalue weighted by molar-refractivity contribution is 0.0980. The molecule has 1 N–H and O–H groups in total. The molecule has 4 nitrogen and oxygen atoms in total. The Balaban J connectivity index is 1.45. The molecule has 2 heterocycles. The van der Waals surface area contributed by atoms with Crippen molar-refractivity contribution in [3.8, 4) is 0 Å². The molecule has 3 aromatic rings. The first-order chi connectivity index (χ1) is 13.3. The highest BCUT2D eigenvalue weighted by molar-refractivity contribution is 6.05. The van der Waals surface area contributed by atoms with Crippen LogP contribution in [0.25, 0.3) is 0 Å². The zero-order valence-electron chi connectivity index (χ0n) is 15.3. The molecule has 0 saturated heterocycles. The van der Waals surface area contributed by atoms with Crippen molar-refractivity contribution in [2.45, 2.75) is 19.3 Å². The Kier molecular flexibility index (Phi) is 5.15. The summed E-state index contributed by atoms with van der Waals surface area (Å²) in [6.07, 6.45) is 4.64. The summed E-state index contributed by atoms with van der Waals surface area (Å²) < 4.78 is 0. The second-order valence-corrected chi connectivity index (χ2v) is 6.78. The van der Waals surface area contributed by atoms with Crippen molar-refractivity contribution in [3.05, 3.63) is 89.7 Å². The SMILES string of the molecule is O=C(c1cc(NCCc2ccccc2)ccn1)N1CCCc2ccccc21. The van der Waals surface area contributed by atoms with Gasteiger partial charge in [0.2, 0.25) is 0 Å². The molecule has 4 heteroatoms. The first-order valence-electron chi connectivity index (χ1n) is 9.45. The maximum Gasteiger partial charge on any atom is 0.276 e. The van der Waals surface area contributed by atoms with Gasteiger partial charge in [-0.15, -0.1) is 0 Å². The largest absolute Gasteiger partial charge is 0.385 e. The Morgan fingerprint density at radius 3 is 2.74 bits per heavy atom. The average Bonchev–Trinajstić information content (AvgIpc) is 2.74. The quantitative estimate of drug-likeness (QED) is 0.739. The van der Waals surface area contributed by atoms with Gasteiger partial charge in [-0.1, -0.05) is 48.5 Å². The van der Waals surface area contributed by atoms with Gasteiger partial charge in [-0.3, -0.25) is 9.78 Å². The second kappa shape index (κ2) is 8.04. The lowest BCUT2D eigenvalue weighted by Crippen LogP contribution is -2.35. The summed E-state index contributed by atoms with van der Waals surface area (Å²) in [4.78, 5) is 19.2. The van der Waals surface area contributed by atoms with E-state index in [0.717, 1.165) is 43.7 Å². The predicted molar refractivity (Wildman–Crippen MR) is 109 cm³/mol. The number of rotatable bonds is 5. The third-order valence-electron chi connectivity index (χ3n) is 4.92. The molecule has 0 radical (unpaired) electrons. The van der Waals surface area contributed by atoms with Crippen LogP contribution in [0.2, 0.25) is 0 Å². The van der Waals surface area contributed by atoms with Gasteiger partial charge < -0.3 is 10.2 Å². The summed E-state index contributed by atoms with van der Waals surface area (Å²) in [6.45, 7) is 1.55. The molecule has 0 aliphatic carbocycles. The van der Waals surface area contributed by atoms with Gasteiger partial charge in [0.1, 0.15) is 5.69 Å². The zero-order chi connectivity index (χ0) is 18.5. The van der Waals surface area contributed by atoms with Gasteiger partial charge in [0.15, 0.2) is 0 Å². The Hall–Kier alpha value is -3.14. The molecular weight excluding hydrogens is 334 g/mol. The zero-order valence-corrected chi connectivity index (χ0v) is 15.3. The monoisotopic (exact) mass is 357 g/mol. The number of para-hydroxylation sites is 1. The van der Waals surface area contributed by atoms with E-state index in [1.807, 2.05) is 41.3 Å². The summed E-state index contributed by atoms with van der Waals surface area (Å²) in [7, 11) is 0. The van der Waals surface area contributed by atoms with E-state index < -0.39 is 0 Å². The molecule has 0 spiro atoms. The molecule has 1 aliphatic rings. The molecule has 2 aromatic carbocycles. The number of nitrogens with zero attached hydrogens (tertiary/aromatic N) is 2. The topological polar surface area (TPSA) is 45.2 Å². The van der Waals surface area contributed by atoms with E-state index in [1.165, 1.54) is 11.1 Å². The fraction of sp³-hybridized carbons (Fsp3) is 0.217. The molecule has 4 rings (SSSR count). The number of carbonyl (C=O) groups is 1. The van der Waals surface area contributed by atoms with Crippen LogP contribution in [-0.4, -0.2) is 24.0 Å². The highest BCUT2D eigenvalue weighted by atomic mass is 16.2. The first kappa shape index (κ1) is 17.3. The fourth-order valence-electron chi connectivity index (χ4n) is 3.54. The third-order valence-corrected chi connectivity index (χ3v) is 4.92. The number of hydrogen-bond donors (Lipinski definition) is 1. The number of fused-ring (bicyclic) bond motifs is 1. The number of benzene rings is 2. The highest BCUT2D eigenvalue weighted by Crippen LogP contribution is 2.28. The van der Waals surface area contributed by atoms with Crippen molar-refractivity contribution in [1.82, 2.24) is 4.98 Å². The number of anilines is 2. The van der Waals surface area contributed by atoms with E-state index in [0.29, 0.717) is 5.69 Å². The standard InChI is InChI=1S/C23H23N3O/c27-23(26-16-6-10-19-9-4-5-11-22(19)26)21-17-20(13-15-25-21)24-14-12-18-7-2-1-3-8-18/h1-5,7-9,11,13,15,17H,6,10,12,14,16H2,(H,24,25). The Bertz CT molecular complexity index is 924. The van der Waals surface area contributed by atoms with E-state index in [9.17, 15) is 4.79 Å². The first-order valence-corrected chi connectivity index (χ1v) is 9.45. The summed E-state index contributed by atoms with van der Waals surface area (Å²) in [5, 5.41) is 3.40. The number of aryl methyl sites for hydroxylation is 1. The highest BCUT2D eigenvalue weighted by Gasteiger charge is 2.24. The van der Waals surface area contributed by atoms with Gasteiger partial charge in [0, 0.05) is 30.7 Å². The average molecular weight is 357 g/mol. The molecule has 27 heavy (non-hydrogen) atoms. The van der Waals surface area contributed by atoms with Crippen molar-refractivity contribution < 1.29 is 4.79 Å². The van der Waals surface area contributed by atoms with Crippen LogP contribution in [-0.2, 0) is 12.8 Å². The Morgan fingerprint density at radius 2 is 1.85 bits per heavy atom. The van der Waals surface area contributed by atoms with Crippen molar-refractivity contribution in [2.75, 3.05) is 23.3 Å². The molecule has 0 saturated carbocycles. The molecule has 136 valence electrons. The van der Waals surface area contributed by atoms with E-state index in [4.69, 9.17) is 0 Å². The summed E-state index contributed by atoms with van der Waals surface area (Å²) in [5.74, 6) is -0.0335. The molecule has 0 fully saturated rings. The molecule has 1 amide bonds. The maximum atomic E-state index is 13.0. The van der Waals surface area contributed by atoms with Crippen LogP contribution in [0.4, 0.5) is 11.4 Å². The van der Waals surface area contributed by atoms with Crippen molar-refractivity contribution in [3.63, 3.8) is 0 Å². The minimum Gasteiger partial charge on any atom is -0.385 e. The van der Waals surface area contributed by atoms with Crippen molar-refractivity contribution >= 4 is 17.3 Å². The van der Waals surface area contributed by atoms with Crippen LogP contribution in [0.3, 0.4) is 0 Å². The maximum absolute atomic E-state index is 13.0. The van der Waals surface area contributed by atoms with Crippen LogP contribution >= 0.6 is 0 Å². The lowest BCUT2D eigenvalue weighted by atomic mass is 10.0. The van der Waals surface area contributed by atoms with Gasteiger partial charge >= 0.3 is 0 Å². The Labute approximate surface area is 159 Å². The van der Waals surface area contributed by atoms with Gasteiger partial charge in [0.25, 0.3) is 5.91 Å². The molecule has 1 aromatic heterocycles. The van der Waals surface area contributed by atoms with E-state index in [1.54, 1.807) is 6.20 Å². The molecule has 0 atom stereocenters. The fourth-order valence-corrected chi connectivity index (χ4v) is 3.54. The number of nitrogens with one attached hydrogen (secondary N) is 1. The van der Waals surface area contributed by atoms with Crippen LogP contribution in [0, 0.1) is 0 Å². The van der Waals surface area contributed by atoms with Crippen LogP contribution in [0.1, 0.15) is 28.0 Å². The van der Waals surface area contributed by atoms with Crippen molar-refractivity contribution in [2.24, 2.45) is 0 Å². The number of pyridine rings is 1. The van der Waals surface area contributed by atoms with Gasteiger partial charge in [0.05, 0.1) is 0 Å². The minimum absolute atomic E-state index is 0.0335. The second-order valence-electron chi connectivity index (χ2n) is 6.78. The van der Waals surface area contributed by atoms with Gasteiger partial charge in [-0.25, -0.2) is 0 Å². The normalized spacial score (nSPS) is 13.1. The smallest absolute Gasteiger partial charge is 0.276 e. The van der Waals surface area contributed by atoms with Crippen LogP contribution < -0.4 is 10.2 Å². The number of carbonyl (C=O) groups excluding carboxylic acids is 1. The molecule has 0 unspecified atom stereocenters. The third kappa shape index (κ3) is 4.00.